The molecule has 108 valence electrons. The van der Waals surface area contributed by atoms with Crippen LogP contribution in [0.25, 0.3) is 0 Å². The van der Waals surface area contributed by atoms with Crippen LogP contribution in [-0.4, -0.2) is 30.2 Å². The van der Waals surface area contributed by atoms with Crippen LogP contribution in [0.1, 0.15) is 25.5 Å². The fraction of sp³-hybridized carbons (Fsp3) is 0.538. The lowest BCUT2D eigenvalue weighted by molar-refractivity contribution is -0.151. The summed E-state index contributed by atoms with van der Waals surface area (Å²) in [6.07, 6.45) is -4.25. The SMILES string of the molecule is CCN(CC(F)(F)F)C(c1cccc(Cl)c1)C(C)N. The van der Waals surface area contributed by atoms with Gasteiger partial charge in [0.05, 0.1) is 6.54 Å². The van der Waals surface area contributed by atoms with Crippen LogP contribution in [0.3, 0.4) is 0 Å². The van der Waals surface area contributed by atoms with Crippen molar-refractivity contribution in [2.24, 2.45) is 5.73 Å². The standard InChI is InChI=1S/C13H18ClF3N2/c1-3-19(8-13(15,16)17)12(9(2)18)10-5-4-6-11(14)7-10/h4-7,9,12H,3,8,18H2,1-2H3. The normalized spacial score (nSPS) is 15.6. The van der Waals surface area contributed by atoms with E-state index >= 15 is 0 Å². The highest BCUT2D eigenvalue weighted by Crippen LogP contribution is 2.28. The van der Waals surface area contributed by atoms with Gasteiger partial charge in [0.2, 0.25) is 0 Å². The van der Waals surface area contributed by atoms with Gasteiger partial charge in [0.15, 0.2) is 0 Å². The van der Waals surface area contributed by atoms with E-state index in [4.69, 9.17) is 17.3 Å². The molecule has 0 bridgehead atoms. The van der Waals surface area contributed by atoms with Gasteiger partial charge in [-0.2, -0.15) is 13.2 Å². The van der Waals surface area contributed by atoms with E-state index in [-0.39, 0.29) is 6.54 Å². The molecular weight excluding hydrogens is 277 g/mol. The molecule has 0 aliphatic carbocycles. The molecule has 0 amide bonds. The average molecular weight is 295 g/mol. The second kappa shape index (κ2) is 6.59. The van der Waals surface area contributed by atoms with Gasteiger partial charge in [0.25, 0.3) is 0 Å². The Labute approximate surface area is 116 Å². The molecule has 19 heavy (non-hydrogen) atoms. The maximum Gasteiger partial charge on any atom is 0.401 e. The van der Waals surface area contributed by atoms with E-state index in [0.717, 1.165) is 0 Å². The zero-order chi connectivity index (χ0) is 14.6. The summed E-state index contributed by atoms with van der Waals surface area (Å²) >= 11 is 5.89. The smallest absolute Gasteiger partial charge is 0.326 e. The quantitative estimate of drug-likeness (QED) is 0.899. The summed E-state index contributed by atoms with van der Waals surface area (Å²) in [5, 5.41) is 0.492. The third kappa shape index (κ3) is 5.01. The zero-order valence-corrected chi connectivity index (χ0v) is 11.7. The molecule has 2 nitrogen and oxygen atoms in total. The number of benzene rings is 1. The largest absolute Gasteiger partial charge is 0.401 e. The molecule has 0 heterocycles. The van der Waals surface area contributed by atoms with E-state index in [1.165, 1.54) is 4.90 Å². The monoisotopic (exact) mass is 294 g/mol. The molecule has 0 spiro atoms. The van der Waals surface area contributed by atoms with Gasteiger partial charge in [-0.25, -0.2) is 0 Å². The van der Waals surface area contributed by atoms with Crippen molar-refractivity contribution >= 4 is 11.6 Å². The predicted molar refractivity (Wildman–Crippen MR) is 71.1 cm³/mol. The first-order valence-corrected chi connectivity index (χ1v) is 6.44. The summed E-state index contributed by atoms with van der Waals surface area (Å²) in [7, 11) is 0. The fourth-order valence-corrected chi connectivity index (χ4v) is 2.37. The number of likely N-dealkylation sites (N-methyl/N-ethyl adjacent to an activating group) is 1. The van der Waals surface area contributed by atoms with Crippen molar-refractivity contribution < 1.29 is 13.2 Å². The van der Waals surface area contributed by atoms with Crippen LogP contribution in [-0.2, 0) is 0 Å². The van der Waals surface area contributed by atoms with E-state index in [9.17, 15) is 13.2 Å². The Bertz CT molecular complexity index is 407. The molecule has 1 aromatic rings. The summed E-state index contributed by atoms with van der Waals surface area (Å²) in [5.41, 5.74) is 6.56. The van der Waals surface area contributed by atoms with Gasteiger partial charge >= 0.3 is 6.18 Å². The van der Waals surface area contributed by atoms with Crippen molar-refractivity contribution in [2.45, 2.75) is 32.1 Å². The van der Waals surface area contributed by atoms with Gasteiger partial charge in [-0.15, -0.1) is 0 Å². The van der Waals surface area contributed by atoms with Gasteiger partial charge in [-0.3, -0.25) is 4.90 Å². The number of nitrogens with two attached hydrogens (primary N) is 1. The Hall–Kier alpha value is -0.780. The van der Waals surface area contributed by atoms with E-state index in [0.29, 0.717) is 10.6 Å². The highest BCUT2D eigenvalue weighted by molar-refractivity contribution is 6.30. The third-order valence-electron chi connectivity index (χ3n) is 2.87. The van der Waals surface area contributed by atoms with Gasteiger partial charge in [0.1, 0.15) is 0 Å². The molecule has 2 unspecified atom stereocenters. The van der Waals surface area contributed by atoms with Gasteiger partial charge in [-0.05, 0) is 31.2 Å². The molecule has 1 rings (SSSR count). The Morgan fingerprint density at radius 1 is 1.37 bits per heavy atom. The molecule has 6 heteroatoms. The van der Waals surface area contributed by atoms with Crippen molar-refractivity contribution in [3.8, 4) is 0 Å². The van der Waals surface area contributed by atoms with Crippen LogP contribution in [0.2, 0.25) is 5.02 Å². The van der Waals surface area contributed by atoms with Crippen molar-refractivity contribution in [1.29, 1.82) is 0 Å². The second-order valence-electron chi connectivity index (χ2n) is 4.54. The summed E-state index contributed by atoms with van der Waals surface area (Å²) in [6, 6.07) is 5.87. The number of halogens is 4. The van der Waals surface area contributed by atoms with Crippen LogP contribution in [0, 0.1) is 0 Å². The lowest BCUT2D eigenvalue weighted by Gasteiger charge is -2.34. The van der Waals surface area contributed by atoms with Gasteiger partial charge < -0.3 is 5.73 Å². The molecule has 2 N–H and O–H groups in total. The Morgan fingerprint density at radius 2 is 2.00 bits per heavy atom. The molecule has 0 aliphatic rings. The first kappa shape index (κ1) is 16.3. The van der Waals surface area contributed by atoms with Crippen molar-refractivity contribution in [3.63, 3.8) is 0 Å². The minimum absolute atomic E-state index is 0.262. The Balaban J connectivity index is 3.05. The number of hydrogen-bond acceptors (Lipinski definition) is 2. The lowest BCUT2D eigenvalue weighted by atomic mass is 9.99. The van der Waals surface area contributed by atoms with Crippen LogP contribution in [0.15, 0.2) is 24.3 Å². The molecule has 0 fully saturated rings. The number of nitrogens with zero attached hydrogens (tertiary/aromatic N) is 1. The van der Waals surface area contributed by atoms with Gasteiger partial charge in [-0.1, -0.05) is 30.7 Å². The summed E-state index contributed by atoms with van der Waals surface area (Å²) < 4.78 is 37.8. The highest BCUT2D eigenvalue weighted by Gasteiger charge is 2.34. The maximum atomic E-state index is 12.6. The van der Waals surface area contributed by atoms with Crippen molar-refractivity contribution in [2.75, 3.05) is 13.1 Å². The van der Waals surface area contributed by atoms with Crippen molar-refractivity contribution in [3.05, 3.63) is 34.9 Å². The lowest BCUT2D eigenvalue weighted by Crippen LogP contribution is -2.43. The molecule has 0 aliphatic heterocycles. The molecular formula is C13H18ClF3N2. The fourth-order valence-electron chi connectivity index (χ4n) is 2.17. The average Bonchev–Trinajstić information content (AvgIpc) is 2.26. The van der Waals surface area contributed by atoms with Crippen LogP contribution >= 0.6 is 11.6 Å². The topological polar surface area (TPSA) is 29.3 Å². The zero-order valence-electron chi connectivity index (χ0n) is 10.9. The van der Waals surface area contributed by atoms with Gasteiger partial charge in [0, 0.05) is 17.1 Å². The number of hydrogen-bond donors (Lipinski definition) is 1. The van der Waals surface area contributed by atoms with E-state index in [1.54, 1.807) is 38.1 Å². The van der Waals surface area contributed by atoms with Crippen molar-refractivity contribution in [1.82, 2.24) is 4.90 Å². The second-order valence-corrected chi connectivity index (χ2v) is 4.97. The van der Waals surface area contributed by atoms with Crippen LogP contribution < -0.4 is 5.73 Å². The minimum Gasteiger partial charge on any atom is -0.326 e. The maximum absolute atomic E-state index is 12.6. The highest BCUT2D eigenvalue weighted by atomic mass is 35.5. The first-order chi connectivity index (χ1) is 8.74. The Morgan fingerprint density at radius 3 is 2.42 bits per heavy atom. The van der Waals surface area contributed by atoms with E-state index in [2.05, 4.69) is 0 Å². The predicted octanol–water partition coefficient (Wildman–Crippen LogP) is 3.61. The molecule has 0 saturated heterocycles. The summed E-state index contributed by atoms with van der Waals surface area (Å²) in [4.78, 5) is 1.32. The molecule has 0 saturated carbocycles. The molecule has 1 aromatic carbocycles. The van der Waals surface area contributed by atoms with E-state index < -0.39 is 24.8 Å². The summed E-state index contributed by atoms with van der Waals surface area (Å²) in [6.45, 7) is 2.66. The van der Waals surface area contributed by atoms with Crippen LogP contribution in [0.5, 0.6) is 0 Å². The molecule has 0 aromatic heterocycles. The third-order valence-corrected chi connectivity index (χ3v) is 3.11. The van der Waals surface area contributed by atoms with Crippen LogP contribution in [0.4, 0.5) is 13.2 Å². The Kier molecular flexibility index (Phi) is 5.64. The number of alkyl halides is 3. The minimum atomic E-state index is -4.25. The summed E-state index contributed by atoms with van der Waals surface area (Å²) in [5.74, 6) is 0. The number of rotatable bonds is 5. The molecule has 0 radical (unpaired) electrons. The first-order valence-electron chi connectivity index (χ1n) is 6.06. The van der Waals surface area contributed by atoms with E-state index in [1.807, 2.05) is 0 Å². The molecule has 2 atom stereocenters.